The Morgan fingerprint density at radius 2 is 1.66 bits per heavy atom. The van der Waals surface area contributed by atoms with Gasteiger partial charge in [0.25, 0.3) is 5.69 Å². The minimum absolute atomic E-state index is 0.0360. The molecule has 0 N–H and O–H groups in total. The van der Waals surface area contributed by atoms with Gasteiger partial charge >= 0.3 is 6.03 Å². The highest BCUT2D eigenvalue weighted by Crippen LogP contribution is 2.33. The number of likely N-dealkylation sites (tertiary alicyclic amines) is 1. The van der Waals surface area contributed by atoms with Crippen molar-refractivity contribution in [2.45, 2.75) is 37.5 Å². The van der Waals surface area contributed by atoms with E-state index >= 15 is 0 Å². The summed E-state index contributed by atoms with van der Waals surface area (Å²) in [5, 5.41) is 11.8. The number of nitro benzene ring substituents is 1. The fourth-order valence-electron chi connectivity index (χ4n) is 4.84. The first-order valence-electron chi connectivity index (χ1n) is 11.3. The van der Waals surface area contributed by atoms with Crippen LogP contribution in [0.2, 0.25) is 0 Å². The van der Waals surface area contributed by atoms with E-state index in [1.54, 1.807) is 4.90 Å². The predicted molar refractivity (Wildman–Crippen MR) is 120 cm³/mol. The Morgan fingerprint density at radius 3 is 2.28 bits per heavy atom. The minimum Gasteiger partial charge on any atom is -0.362 e. The molecule has 0 spiro atoms. The van der Waals surface area contributed by atoms with Crippen LogP contribution in [0.4, 0.5) is 16.2 Å². The van der Waals surface area contributed by atoms with E-state index in [-0.39, 0.29) is 22.5 Å². The minimum atomic E-state index is -3.78. The lowest BCUT2D eigenvalue weighted by molar-refractivity contribution is -0.384. The second-order valence-corrected chi connectivity index (χ2v) is 10.9. The lowest BCUT2D eigenvalue weighted by atomic mass is 10.0. The summed E-state index contributed by atoms with van der Waals surface area (Å²) in [6.45, 7) is 6.37. The molecule has 0 unspecified atom stereocenters. The summed E-state index contributed by atoms with van der Waals surface area (Å²) in [6.07, 6.45) is 3.84. The van der Waals surface area contributed by atoms with Crippen molar-refractivity contribution in [1.82, 2.24) is 14.1 Å². The fourth-order valence-corrected chi connectivity index (χ4v) is 6.46. The van der Waals surface area contributed by atoms with Crippen LogP contribution in [0.15, 0.2) is 23.1 Å². The molecule has 10 nitrogen and oxygen atoms in total. The van der Waals surface area contributed by atoms with E-state index in [4.69, 9.17) is 0 Å². The molecule has 2 amide bonds. The maximum Gasteiger partial charge on any atom is 0.320 e. The third kappa shape index (κ3) is 4.54. The molecule has 0 saturated carbocycles. The number of amides is 2. The van der Waals surface area contributed by atoms with E-state index < -0.39 is 14.9 Å². The highest BCUT2D eigenvalue weighted by molar-refractivity contribution is 7.89. The molecule has 3 saturated heterocycles. The molecule has 3 heterocycles. The van der Waals surface area contributed by atoms with E-state index in [9.17, 15) is 23.3 Å². The topological polar surface area (TPSA) is 107 Å². The molecule has 3 aliphatic heterocycles. The average Bonchev–Trinajstić information content (AvgIpc) is 3.33. The van der Waals surface area contributed by atoms with Crippen LogP contribution in [-0.2, 0) is 10.0 Å². The molecule has 32 heavy (non-hydrogen) atoms. The Morgan fingerprint density at radius 1 is 1.00 bits per heavy atom. The second-order valence-electron chi connectivity index (χ2n) is 8.97. The number of sulfonamides is 1. The van der Waals surface area contributed by atoms with Crippen molar-refractivity contribution < 1.29 is 18.1 Å². The molecule has 0 bridgehead atoms. The van der Waals surface area contributed by atoms with Gasteiger partial charge in [0.05, 0.1) is 9.82 Å². The number of anilines is 1. The zero-order chi connectivity index (χ0) is 22.9. The van der Waals surface area contributed by atoms with Gasteiger partial charge in [0.15, 0.2) is 0 Å². The van der Waals surface area contributed by atoms with E-state index in [1.165, 1.54) is 22.5 Å². The van der Waals surface area contributed by atoms with Crippen molar-refractivity contribution in [3.05, 3.63) is 28.3 Å². The number of carbonyl (C=O) groups excluding carboxylic acids is 1. The zero-order valence-corrected chi connectivity index (χ0v) is 19.3. The molecule has 0 aromatic heterocycles. The van der Waals surface area contributed by atoms with E-state index in [2.05, 4.69) is 0 Å². The summed E-state index contributed by atoms with van der Waals surface area (Å²) >= 11 is 0. The molecule has 0 radical (unpaired) electrons. The average molecular weight is 466 g/mol. The van der Waals surface area contributed by atoms with Gasteiger partial charge in [-0.1, -0.05) is 6.92 Å². The molecular weight excluding hydrogens is 434 g/mol. The highest BCUT2D eigenvalue weighted by Gasteiger charge is 2.33. The van der Waals surface area contributed by atoms with Crippen LogP contribution in [0.1, 0.15) is 32.6 Å². The number of piperazine rings is 1. The molecule has 3 fully saturated rings. The molecular formula is C21H31N5O5S. The summed E-state index contributed by atoms with van der Waals surface area (Å²) in [4.78, 5) is 29.4. The van der Waals surface area contributed by atoms with Crippen molar-refractivity contribution >= 4 is 27.4 Å². The maximum absolute atomic E-state index is 13.1. The first-order valence-corrected chi connectivity index (χ1v) is 12.8. The van der Waals surface area contributed by atoms with Crippen LogP contribution in [0, 0.1) is 16.0 Å². The third-order valence-corrected chi connectivity index (χ3v) is 8.53. The van der Waals surface area contributed by atoms with Gasteiger partial charge in [0.2, 0.25) is 10.0 Å². The summed E-state index contributed by atoms with van der Waals surface area (Å²) in [6, 6.07) is 4.23. The largest absolute Gasteiger partial charge is 0.362 e. The number of benzene rings is 1. The van der Waals surface area contributed by atoms with E-state index in [1.807, 2.05) is 16.7 Å². The molecule has 1 aromatic rings. The van der Waals surface area contributed by atoms with Crippen molar-refractivity contribution in [2.75, 3.05) is 57.3 Å². The van der Waals surface area contributed by atoms with Crippen LogP contribution >= 0.6 is 0 Å². The number of urea groups is 1. The Bertz CT molecular complexity index is 971. The van der Waals surface area contributed by atoms with Crippen LogP contribution in [0.5, 0.6) is 0 Å². The monoisotopic (exact) mass is 465 g/mol. The summed E-state index contributed by atoms with van der Waals surface area (Å²) in [7, 11) is -3.78. The normalized spacial score (nSPS) is 22.9. The third-order valence-electron chi connectivity index (χ3n) is 6.67. The number of hydrogen-bond donors (Lipinski definition) is 0. The van der Waals surface area contributed by atoms with Crippen molar-refractivity contribution in [3.63, 3.8) is 0 Å². The Balaban J connectivity index is 1.50. The van der Waals surface area contributed by atoms with Gasteiger partial charge in [-0.15, -0.1) is 0 Å². The van der Waals surface area contributed by atoms with Crippen LogP contribution < -0.4 is 4.90 Å². The van der Waals surface area contributed by atoms with Gasteiger partial charge in [0.1, 0.15) is 5.69 Å². The first kappa shape index (κ1) is 22.8. The maximum atomic E-state index is 13.1. The van der Waals surface area contributed by atoms with Gasteiger partial charge in [-0.05, 0) is 43.7 Å². The fraction of sp³-hybridized carbons (Fsp3) is 0.667. The summed E-state index contributed by atoms with van der Waals surface area (Å²) < 4.78 is 27.6. The predicted octanol–water partition coefficient (Wildman–Crippen LogP) is 2.35. The second kappa shape index (κ2) is 9.22. The molecule has 1 aromatic carbocycles. The Kier molecular flexibility index (Phi) is 6.57. The van der Waals surface area contributed by atoms with Crippen LogP contribution in [0.25, 0.3) is 0 Å². The number of carbonyl (C=O) groups is 1. The Hall–Kier alpha value is -2.40. The van der Waals surface area contributed by atoms with Gasteiger partial charge in [0, 0.05) is 58.4 Å². The summed E-state index contributed by atoms with van der Waals surface area (Å²) in [5.74, 6) is 0.271. The number of rotatable bonds is 4. The van der Waals surface area contributed by atoms with Crippen LogP contribution in [-0.4, -0.2) is 85.8 Å². The standard InChI is InChI=1S/C21H31N5O5S/c1-17-5-4-10-25(16-17)32(30,31)18-6-7-19(20(15-18)26(28)29)22-11-13-24(14-12-22)21(27)23-8-2-3-9-23/h6-7,15,17H,2-5,8-14,16H2,1H3/t17-/m1/s1. The highest BCUT2D eigenvalue weighted by atomic mass is 32.2. The van der Waals surface area contributed by atoms with Gasteiger partial charge < -0.3 is 14.7 Å². The van der Waals surface area contributed by atoms with E-state index in [0.717, 1.165) is 38.8 Å². The van der Waals surface area contributed by atoms with Gasteiger partial charge in [-0.3, -0.25) is 10.1 Å². The zero-order valence-electron chi connectivity index (χ0n) is 18.5. The van der Waals surface area contributed by atoms with Gasteiger partial charge in [-0.2, -0.15) is 4.31 Å². The molecule has 0 aliphatic carbocycles. The molecule has 176 valence electrons. The molecule has 1 atom stereocenters. The quantitative estimate of drug-likeness (QED) is 0.499. The number of piperidine rings is 1. The lowest BCUT2D eigenvalue weighted by Gasteiger charge is -2.37. The summed E-state index contributed by atoms with van der Waals surface area (Å²) in [5.41, 5.74) is 0.185. The Labute approximate surface area is 189 Å². The van der Waals surface area contributed by atoms with E-state index in [0.29, 0.717) is 45.0 Å². The first-order chi connectivity index (χ1) is 15.3. The number of hydrogen-bond acceptors (Lipinski definition) is 6. The SMILES string of the molecule is C[C@@H]1CCCN(S(=O)(=O)c2ccc(N3CCN(C(=O)N4CCCC4)CC3)c([N+](=O)[O-])c2)C1. The number of nitro groups is 1. The lowest BCUT2D eigenvalue weighted by Crippen LogP contribution is -2.52. The van der Waals surface area contributed by atoms with Crippen molar-refractivity contribution in [2.24, 2.45) is 5.92 Å². The molecule has 11 heteroatoms. The van der Waals surface area contributed by atoms with Crippen molar-refractivity contribution in [3.8, 4) is 0 Å². The van der Waals surface area contributed by atoms with Gasteiger partial charge in [-0.25, -0.2) is 13.2 Å². The number of nitrogens with zero attached hydrogens (tertiary/aromatic N) is 5. The molecule has 4 rings (SSSR count). The smallest absolute Gasteiger partial charge is 0.320 e. The van der Waals surface area contributed by atoms with Crippen LogP contribution in [0.3, 0.4) is 0 Å². The van der Waals surface area contributed by atoms with Crippen molar-refractivity contribution in [1.29, 1.82) is 0 Å². The molecule has 3 aliphatic rings.